The van der Waals surface area contributed by atoms with Crippen LogP contribution in [0.5, 0.6) is 0 Å². The maximum Gasteiger partial charge on any atom is 0.222 e. The average Bonchev–Trinajstić information content (AvgIpc) is 2.49. The number of hydrogen-bond acceptors (Lipinski definition) is 3. The highest BCUT2D eigenvalue weighted by atomic mass is 16.2. The first-order valence-corrected chi connectivity index (χ1v) is 8.38. The molecule has 0 aromatic carbocycles. The zero-order chi connectivity index (χ0) is 14.5. The minimum absolute atomic E-state index is 0.313. The van der Waals surface area contributed by atoms with Crippen LogP contribution < -0.4 is 0 Å². The molecule has 0 bridgehead atoms. The number of piperazine rings is 1. The van der Waals surface area contributed by atoms with Crippen LogP contribution in [0.1, 0.15) is 40.0 Å². The lowest BCUT2D eigenvalue weighted by atomic mass is 9.95. The van der Waals surface area contributed by atoms with Gasteiger partial charge in [-0.15, -0.1) is 0 Å². The predicted molar refractivity (Wildman–Crippen MR) is 82.7 cm³/mol. The van der Waals surface area contributed by atoms with Gasteiger partial charge >= 0.3 is 0 Å². The second-order valence-electron chi connectivity index (χ2n) is 6.41. The van der Waals surface area contributed by atoms with Gasteiger partial charge in [-0.2, -0.15) is 0 Å². The molecule has 2 rings (SSSR count). The normalized spacial score (nSPS) is 26.9. The summed E-state index contributed by atoms with van der Waals surface area (Å²) in [5, 5.41) is 0. The standard InChI is InChI=1S/C16H31N3O/c1-4-16(20)19-11-10-18(14(3)12-19)13-15-6-8-17(5-2)9-7-15/h14-15H,4-13H2,1-3H3. The van der Waals surface area contributed by atoms with E-state index in [2.05, 4.69) is 23.6 Å². The average molecular weight is 281 g/mol. The van der Waals surface area contributed by atoms with Gasteiger partial charge in [-0.25, -0.2) is 0 Å². The van der Waals surface area contributed by atoms with Crippen molar-refractivity contribution in [3.05, 3.63) is 0 Å². The monoisotopic (exact) mass is 281 g/mol. The zero-order valence-corrected chi connectivity index (χ0v) is 13.5. The van der Waals surface area contributed by atoms with Crippen molar-refractivity contribution in [3.63, 3.8) is 0 Å². The lowest BCUT2D eigenvalue weighted by molar-refractivity contribution is -0.133. The quantitative estimate of drug-likeness (QED) is 0.784. The number of rotatable bonds is 4. The Kier molecular flexibility index (Phi) is 5.85. The molecule has 4 nitrogen and oxygen atoms in total. The summed E-state index contributed by atoms with van der Waals surface area (Å²) in [5.74, 6) is 1.17. The fourth-order valence-electron chi connectivity index (χ4n) is 3.53. The smallest absolute Gasteiger partial charge is 0.222 e. The van der Waals surface area contributed by atoms with Crippen LogP contribution in [0.25, 0.3) is 0 Å². The molecular weight excluding hydrogens is 250 g/mol. The lowest BCUT2D eigenvalue weighted by Crippen LogP contribution is -2.55. The van der Waals surface area contributed by atoms with Crippen molar-refractivity contribution >= 4 is 5.91 Å². The topological polar surface area (TPSA) is 26.8 Å². The van der Waals surface area contributed by atoms with E-state index in [4.69, 9.17) is 0 Å². The first-order valence-electron chi connectivity index (χ1n) is 8.38. The molecule has 1 unspecified atom stereocenters. The molecule has 2 saturated heterocycles. The number of hydrogen-bond donors (Lipinski definition) is 0. The molecule has 2 aliphatic rings. The largest absolute Gasteiger partial charge is 0.340 e. The third-order valence-corrected chi connectivity index (χ3v) is 5.07. The minimum atomic E-state index is 0.313. The van der Waals surface area contributed by atoms with E-state index in [0.29, 0.717) is 18.4 Å². The van der Waals surface area contributed by atoms with E-state index < -0.39 is 0 Å². The molecule has 1 amide bonds. The van der Waals surface area contributed by atoms with Crippen molar-refractivity contribution in [3.8, 4) is 0 Å². The van der Waals surface area contributed by atoms with Gasteiger partial charge in [0.2, 0.25) is 5.91 Å². The van der Waals surface area contributed by atoms with E-state index in [9.17, 15) is 4.79 Å². The number of amides is 1. The van der Waals surface area contributed by atoms with Crippen molar-refractivity contribution in [2.45, 2.75) is 46.1 Å². The SMILES string of the molecule is CCC(=O)N1CCN(CC2CCN(CC)CC2)C(C)C1. The Hall–Kier alpha value is -0.610. The first-order chi connectivity index (χ1) is 9.63. The number of likely N-dealkylation sites (tertiary alicyclic amines) is 1. The van der Waals surface area contributed by atoms with Crippen LogP contribution in [0.4, 0.5) is 0 Å². The van der Waals surface area contributed by atoms with E-state index in [1.54, 1.807) is 0 Å². The fraction of sp³-hybridized carbons (Fsp3) is 0.938. The third kappa shape index (κ3) is 3.95. The molecule has 20 heavy (non-hydrogen) atoms. The molecule has 2 fully saturated rings. The Morgan fingerprint density at radius 1 is 1.10 bits per heavy atom. The molecule has 0 aliphatic carbocycles. The van der Waals surface area contributed by atoms with Crippen molar-refractivity contribution < 1.29 is 4.79 Å². The summed E-state index contributed by atoms with van der Waals surface area (Å²) in [4.78, 5) is 19.0. The second kappa shape index (κ2) is 7.41. The van der Waals surface area contributed by atoms with Gasteiger partial charge in [-0.05, 0) is 45.3 Å². The molecule has 0 aromatic rings. The zero-order valence-electron chi connectivity index (χ0n) is 13.5. The van der Waals surface area contributed by atoms with Crippen molar-refractivity contribution in [2.24, 2.45) is 5.92 Å². The third-order valence-electron chi connectivity index (χ3n) is 5.07. The Morgan fingerprint density at radius 3 is 2.35 bits per heavy atom. The van der Waals surface area contributed by atoms with Gasteiger partial charge in [0.25, 0.3) is 0 Å². The summed E-state index contributed by atoms with van der Waals surface area (Å²) in [6, 6.07) is 0.517. The molecule has 4 heteroatoms. The maximum atomic E-state index is 11.8. The molecule has 2 aliphatic heterocycles. The van der Waals surface area contributed by atoms with Crippen molar-refractivity contribution in [1.82, 2.24) is 14.7 Å². The molecule has 1 atom stereocenters. The van der Waals surface area contributed by atoms with Crippen LogP contribution in [0.15, 0.2) is 0 Å². The Balaban J connectivity index is 1.76. The number of carbonyl (C=O) groups is 1. The Bertz CT molecular complexity index is 313. The number of carbonyl (C=O) groups excluding carboxylic acids is 1. The van der Waals surface area contributed by atoms with E-state index in [0.717, 1.165) is 25.6 Å². The van der Waals surface area contributed by atoms with Gasteiger partial charge in [0.05, 0.1) is 0 Å². The molecule has 116 valence electrons. The van der Waals surface area contributed by atoms with E-state index >= 15 is 0 Å². The summed E-state index contributed by atoms with van der Waals surface area (Å²) >= 11 is 0. The summed E-state index contributed by atoms with van der Waals surface area (Å²) in [5.41, 5.74) is 0. The van der Waals surface area contributed by atoms with E-state index in [-0.39, 0.29) is 0 Å². The highest BCUT2D eigenvalue weighted by molar-refractivity contribution is 5.75. The highest BCUT2D eigenvalue weighted by Crippen LogP contribution is 2.21. The van der Waals surface area contributed by atoms with Gasteiger partial charge in [0.1, 0.15) is 0 Å². The van der Waals surface area contributed by atoms with E-state index in [1.807, 2.05) is 11.8 Å². The molecule has 0 spiro atoms. The Morgan fingerprint density at radius 2 is 1.80 bits per heavy atom. The molecule has 2 heterocycles. The van der Waals surface area contributed by atoms with Gasteiger partial charge in [0.15, 0.2) is 0 Å². The molecule has 0 radical (unpaired) electrons. The first kappa shape index (κ1) is 15.8. The van der Waals surface area contributed by atoms with Gasteiger partial charge < -0.3 is 9.80 Å². The lowest BCUT2D eigenvalue weighted by Gasteiger charge is -2.42. The highest BCUT2D eigenvalue weighted by Gasteiger charge is 2.28. The Labute approximate surface area is 124 Å². The van der Waals surface area contributed by atoms with Crippen LogP contribution in [0, 0.1) is 5.92 Å². The summed E-state index contributed by atoms with van der Waals surface area (Å²) in [6.45, 7) is 14.3. The molecule has 0 N–H and O–H groups in total. The number of piperidine rings is 1. The van der Waals surface area contributed by atoms with Gasteiger partial charge in [-0.1, -0.05) is 13.8 Å². The summed E-state index contributed by atoms with van der Waals surface area (Å²) in [6.07, 6.45) is 3.32. The van der Waals surface area contributed by atoms with Gasteiger partial charge in [0, 0.05) is 38.6 Å². The van der Waals surface area contributed by atoms with Crippen LogP contribution in [0.2, 0.25) is 0 Å². The second-order valence-corrected chi connectivity index (χ2v) is 6.41. The molecule has 0 saturated carbocycles. The van der Waals surface area contributed by atoms with Crippen LogP contribution >= 0.6 is 0 Å². The fourth-order valence-corrected chi connectivity index (χ4v) is 3.53. The molecular formula is C16H31N3O. The van der Waals surface area contributed by atoms with Crippen molar-refractivity contribution in [1.29, 1.82) is 0 Å². The summed E-state index contributed by atoms with van der Waals surface area (Å²) in [7, 11) is 0. The van der Waals surface area contributed by atoms with Crippen molar-refractivity contribution in [2.75, 3.05) is 45.8 Å². The van der Waals surface area contributed by atoms with Gasteiger partial charge in [-0.3, -0.25) is 9.69 Å². The minimum Gasteiger partial charge on any atom is -0.340 e. The van der Waals surface area contributed by atoms with Crippen LogP contribution in [-0.2, 0) is 4.79 Å². The van der Waals surface area contributed by atoms with Crippen LogP contribution in [-0.4, -0.2) is 72.5 Å². The van der Waals surface area contributed by atoms with Crippen LogP contribution in [0.3, 0.4) is 0 Å². The maximum absolute atomic E-state index is 11.8. The molecule has 0 aromatic heterocycles. The summed E-state index contributed by atoms with van der Waals surface area (Å²) < 4.78 is 0. The number of nitrogens with zero attached hydrogens (tertiary/aromatic N) is 3. The van der Waals surface area contributed by atoms with E-state index in [1.165, 1.54) is 39.0 Å². The predicted octanol–water partition coefficient (Wildman–Crippen LogP) is 1.66.